The maximum atomic E-state index is 12.2. The average Bonchev–Trinajstić information content (AvgIpc) is 3.12. The first-order valence-electron chi connectivity index (χ1n) is 5.86. The van der Waals surface area contributed by atoms with Gasteiger partial charge in [0.05, 0.1) is 5.02 Å². The zero-order valence-corrected chi connectivity index (χ0v) is 12.7. The van der Waals surface area contributed by atoms with E-state index in [1.54, 1.807) is 6.92 Å². The third-order valence-corrected chi connectivity index (χ3v) is 5.71. The molecule has 1 aromatic rings. The third kappa shape index (κ3) is 3.23. The van der Waals surface area contributed by atoms with Crippen molar-refractivity contribution in [3.05, 3.63) is 27.7 Å². The summed E-state index contributed by atoms with van der Waals surface area (Å²) in [6, 6.07) is 2.87. The molecule has 1 saturated carbocycles. The first-order valence-corrected chi connectivity index (χ1v) is 8.10. The molecule has 2 N–H and O–H groups in total. The molecule has 0 aliphatic heterocycles. The van der Waals surface area contributed by atoms with Gasteiger partial charge in [-0.3, -0.25) is 0 Å². The quantitative estimate of drug-likeness (QED) is 0.874. The summed E-state index contributed by atoms with van der Waals surface area (Å²) in [6.07, 6.45) is 1.67. The molecule has 0 unspecified atom stereocenters. The van der Waals surface area contributed by atoms with Crippen LogP contribution in [0.4, 0.5) is 0 Å². The molecule has 7 heteroatoms. The van der Waals surface area contributed by atoms with Crippen LogP contribution in [0.15, 0.2) is 17.0 Å². The Hall–Kier alpha value is -0.330. The molecule has 0 aromatic heterocycles. The number of aliphatic hydroxyl groups is 1. The maximum absolute atomic E-state index is 12.2. The molecule has 0 atom stereocenters. The largest absolute Gasteiger partial charge is 0.396 e. The van der Waals surface area contributed by atoms with Gasteiger partial charge in [0.15, 0.2) is 0 Å². The first kappa shape index (κ1) is 15.1. The zero-order chi connectivity index (χ0) is 14.3. The number of hydrogen-bond acceptors (Lipinski definition) is 3. The first-order chi connectivity index (χ1) is 8.80. The Kier molecular flexibility index (Phi) is 4.14. The van der Waals surface area contributed by atoms with Crippen LogP contribution in [0.3, 0.4) is 0 Å². The number of sulfonamides is 1. The Bertz CT molecular complexity index is 597. The summed E-state index contributed by atoms with van der Waals surface area (Å²) in [6.45, 7) is 1.93. The maximum Gasteiger partial charge on any atom is 0.242 e. The molecule has 19 heavy (non-hydrogen) atoms. The number of aryl methyl sites for hydroxylation is 1. The number of nitrogens with one attached hydrogen (secondary N) is 1. The fourth-order valence-electron chi connectivity index (χ4n) is 1.73. The van der Waals surface area contributed by atoms with Crippen molar-refractivity contribution in [2.24, 2.45) is 5.41 Å². The van der Waals surface area contributed by atoms with E-state index in [4.69, 9.17) is 23.2 Å². The molecule has 0 spiro atoms. The van der Waals surface area contributed by atoms with E-state index in [2.05, 4.69) is 4.72 Å². The SMILES string of the molecule is Cc1cc(S(=O)(=O)NCC2(CO)CC2)c(Cl)cc1Cl. The topological polar surface area (TPSA) is 66.4 Å². The van der Waals surface area contributed by atoms with Gasteiger partial charge in [-0.2, -0.15) is 0 Å². The van der Waals surface area contributed by atoms with Crippen LogP contribution in [0.1, 0.15) is 18.4 Å². The summed E-state index contributed by atoms with van der Waals surface area (Å²) >= 11 is 11.8. The highest BCUT2D eigenvalue weighted by Crippen LogP contribution is 2.44. The summed E-state index contributed by atoms with van der Waals surface area (Å²) in [7, 11) is -3.69. The fraction of sp³-hybridized carbons (Fsp3) is 0.500. The Morgan fingerprint density at radius 2 is 1.95 bits per heavy atom. The Morgan fingerprint density at radius 1 is 1.32 bits per heavy atom. The van der Waals surface area contributed by atoms with Crippen LogP contribution in [0, 0.1) is 12.3 Å². The van der Waals surface area contributed by atoms with Gasteiger partial charge in [-0.25, -0.2) is 13.1 Å². The molecule has 1 aliphatic carbocycles. The van der Waals surface area contributed by atoms with Gasteiger partial charge in [-0.1, -0.05) is 23.2 Å². The van der Waals surface area contributed by atoms with Crippen molar-refractivity contribution in [1.29, 1.82) is 0 Å². The predicted molar refractivity (Wildman–Crippen MR) is 75.1 cm³/mol. The molecule has 1 aliphatic rings. The molecule has 1 aromatic carbocycles. The highest BCUT2D eigenvalue weighted by Gasteiger charge is 2.42. The molecule has 2 rings (SSSR count). The normalized spacial score (nSPS) is 17.5. The number of rotatable bonds is 5. The number of halogens is 2. The molecule has 0 saturated heterocycles. The number of benzene rings is 1. The van der Waals surface area contributed by atoms with E-state index in [0.717, 1.165) is 12.8 Å². The van der Waals surface area contributed by atoms with Crippen LogP contribution >= 0.6 is 23.2 Å². The molecule has 0 amide bonds. The number of hydrogen-bond donors (Lipinski definition) is 2. The van der Waals surface area contributed by atoms with Crippen molar-refractivity contribution in [2.45, 2.75) is 24.7 Å². The van der Waals surface area contributed by atoms with Crippen molar-refractivity contribution in [1.82, 2.24) is 4.72 Å². The lowest BCUT2D eigenvalue weighted by Crippen LogP contribution is -2.32. The lowest BCUT2D eigenvalue weighted by Gasteiger charge is -2.14. The Balaban J connectivity index is 2.22. The van der Waals surface area contributed by atoms with Gasteiger partial charge in [-0.15, -0.1) is 0 Å². The minimum absolute atomic E-state index is 0.0110. The molecule has 0 heterocycles. The van der Waals surface area contributed by atoms with E-state index in [1.807, 2.05) is 0 Å². The summed E-state index contributed by atoms with van der Waals surface area (Å²) in [4.78, 5) is 0.0183. The van der Waals surface area contributed by atoms with Crippen molar-refractivity contribution >= 4 is 33.2 Å². The predicted octanol–water partition coefficient (Wildman–Crippen LogP) is 2.35. The monoisotopic (exact) mass is 323 g/mol. The van der Waals surface area contributed by atoms with Crippen LogP contribution in [0.5, 0.6) is 0 Å². The van der Waals surface area contributed by atoms with Crippen molar-refractivity contribution in [3.8, 4) is 0 Å². The second-order valence-electron chi connectivity index (χ2n) is 5.01. The summed E-state index contributed by atoms with van der Waals surface area (Å²) in [5.41, 5.74) is 0.357. The second-order valence-corrected chi connectivity index (χ2v) is 7.56. The highest BCUT2D eigenvalue weighted by atomic mass is 35.5. The van der Waals surface area contributed by atoms with Gasteiger partial charge >= 0.3 is 0 Å². The minimum atomic E-state index is -3.69. The molecule has 0 radical (unpaired) electrons. The van der Waals surface area contributed by atoms with Crippen molar-refractivity contribution in [3.63, 3.8) is 0 Å². The summed E-state index contributed by atoms with van der Waals surface area (Å²) in [5, 5.41) is 9.70. The fourth-order valence-corrected chi connectivity index (χ4v) is 3.72. The average molecular weight is 324 g/mol. The Morgan fingerprint density at radius 3 is 2.47 bits per heavy atom. The second kappa shape index (κ2) is 5.22. The van der Waals surface area contributed by atoms with E-state index >= 15 is 0 Å². The number of aliphatic hydroxyl groups excluding tert-OH is 1. The zero-order valence-electron chi connectivity index (χ0n) is 10.4. The standard InChI is InChI=1S/C12H15Cl2NO3S/c1-8-4-11(10(14)5-9(8)13)19(17,18)15-6-12(7-16)2-3-12/h4-5,15-16H,2-3,6-7H2,1H3. The molecule has 1 fully saturated rings. The third-order valence-electron chi connectivity index (χ3n) is 3.43. The van der Waals surface area contributed by atoms with Crippen LogP contribution < -0.4 is 4.72 Å². The van der Waals surface area contributed by atoms with Gasteiger partial charge in [-0.05, 0) is 37.5 Å². The van der Waals surface area contributed by atoms with Crippen LogP contribution in [0.2, 0.25) is 10.0 Å². The van der Waals surface area contributed by atoms with Gasteiger partial charge in [0.1, 0.15) is 4.90 Å². The van der Waals surface area contributed by atoms with Crippen molar-refractivity contribution < 1.29 is 13.5 Å². The van der Waals surface area contributed by atoms with Gasteiger partial charge in [0, 0.05) is 23.6 Å². The van der Waals surface area contributed by atoms with Gasteiger partial charge < -0.3 is 5.11 Å². The summed E-state index contributed by atoms with van der Waals surface area (Å²) < 4.78 is 26.9. The van der Waals surface area contributed by atoms with E-state index in [1.165, 1.54) is 12.1 Å². The molecular formula is C12H15Cl2NO3S. The van der Waals surface area contributed by atoms with Gasteiger partial charge in [0.25, 0.3) is 0 Å². The van der Waals surface area contributed by atoms with E-state index in [0.29, 0.717) is 10.6 Å². The van der Waals surface area contributed by atoms with E-state index in [9.17, 15) is 13.5 Å². The lowest BCUT2D eigenvalue weighted by molar-refractivity contribution is 0.213. The van der Waals surface area contributed by atoms with E-state index < -0.39 is 10.0 Å². The highest BCUT2D eigenvalue weighted by molar-refractivity contribution is 7.89. The lowest BCUT2D eigenvalue weighted by atomic mass is 10.1. The van der Waals surface area contributed by atoms with Crippen LogP contribution in [0.25, 0.3) is 0 Å². The smallest absolute Gasteiger partial charge is 0.242 e. The van der Waals surface area contributed by atoms with Crippen molar-refractivity contribution in [2.75, 3.05) is 13.2 Å². The molecule has 0 bridgehead atoms. The molecule has 106 valence electrons. The Labute approximate surface area is 122 Å². The van der Waals surface area contributed by atoms with E-state index in [-0.39, 0.29) is 28.5 Å². The summed E-state index contributed by atoms with van der Waals surface area (Å²) in [5.74, 6) is 0. The molecule has 4 nitrogen and oxygen atoms in total. The van der Waals surface area contributed by atoms with Gasteiger partial charge in [0.2, 0.25) is 10.0 Å². The van der Waals surface area contributed by atoms with Crippen LogP contribution in [-0.2, 0) is 10.0 Å². The molecular weight excluding hydrogens is 309 g/mol. The van der Waals surface area contributed by atoms with Crippen LogP contribution in [-0.4, -0.2) is 26.7 Å². The minimum Gasteiger partial charge on any atom is -0.396 e.